The van der Waals surface area contributed by atoms with E-state index < -0.39 is 6.04 Å². The molecule has 0 radical (unpaired) electrons. The highest BCUT2D eigenvalue weighted by atomic mass is 16.5. The summed E-state index contributed by atoms with van der Waals surface area (Å²) < 4.78 is 17.3. The highest BCUT2D eigenvalue weighted by molar-refractivity contribution is 5.86. The summed E-state index contributed by atoms with van der Waals surface area (Å²) in [5.41, 5.74) is 10.3. The van der Waals surface area contributed by atoms with Crippen LogP contribution in [0, 0.1) is 19.8 Å². The minimum absolute atomic E-state index is 0.0208. The summed E-state index contributed by atoms with van der Waals surface area (Å²) in [6.07, 6.45) is 1.62. The van der Waals surface area contributed by atoms with E-state index in [1.807, 2.05) is 62.9 Å². The number of phenols is 1. The molecule has 2 aliphatic heterocycles. The normalized spacial score (nSPS) is 23.2. The minimum atomic E-state index is -0.461. The van der Waals surface area contributed by atoms with Crippen molar-refractivity contribution in [1.82, 2.24) is 15.8 Å². The fraction of sp³-hybridized carbons (Fsp3) is 0.393. The Morgan fingerprint density at radius 3 is 2.44 bits per heavy atom. The number of hydrogen-bond acceptors (Lipinski definition) is 7. The van der Waals surface area contributed by atoms with Gasteiger partial charge in [0.1, 0.15) is 17.6 Å². The van der Waals surface area contributed by atoms with Gasteiger partial charge in [-0.05, 0) is 74.7 Å². The Morgan fingerprint density at radius 2 is 1.75 bits per heavy atom. The number of hydrogen-bond donors (Lipinski definition) is 3. The number of fused-ring (bicyclic) bond motifs is 1. The van der Waals surface area contributed by atoms with Crippen molar-refractivity contribution in [2.45, 2.75) is 52.4 Å². The van der Waals surface area contributed by atoms with Crippen LogP contribution in [0.15, 0.2) is 53.1 Å². The number of carbonyl (C=O) groups excluding carboxylic acids is 1. The molecule has 4 unspecified atom stereocenters. The first-order valence-corrected chi connectivity index (χ1v) is 12.5. The zero-order chi connectivity index (χ0) is 25.4. The van der Waals surface area contributed by atoms with Crippen LogP contribution in [0.2, 0.25) is 0 Å². The van der Waals surface area contributed by atoms with Gasteiger partial charge in [-0.3, -0.25) is 4.79 Å². The Labute approximate surface area is 211 Å². The first-order valence-electron chi connectivity index (χ1n) is 12.5. The first kappa shape index (κ1) is 24.2. The van der Waals surface area contributed by atoms with Crippen LogP contribution in [0.5, 0.6) is 17.2 Å². The van der Waals surface area contributed by atoms with E-state index in [0.717, 1.165) is 22.3 Å². The monoisotopic (exact) mass is 491 g/mol. The predicted molar refractivity (Wildman–Crippen MR) is 135 cm³/mol. The number of rotatable bonds is 8. The molecule has 2 saturated heterocycles. The number of amides is 1. The lowest BCUT2D eigenvalue weighted by Gasteiger charge is -2.32. The van der Waals surface area contributed by atoms with E-state index in [1.54, 1.807) is 12.3 Å². The summed E-state index contributed by atoms with van der Waals surface area (Å²) in [6, 6.07) is 12.4. The van der Waals surface area contributed by atoms with Crippen LogP contribution in [-0.2, 0) is 11.3 Å². The summed E-state index contributed by atoms with van der Waals surface area (Å²) in [5.74, 6) is 2.05. The Bertz CT molecular complexity index is 1220. The summed E-state index contributed by atoms with van der Waals surface area (Å²) >= 11 is 0. The maximum absolute atomic E-state index is 13.7. The second kappa shape index (κ2) is 9.87. The van der Waals surface area contributed by atoms with Crippen LogP contribution in [0.25, 0.3) is 0 Å². The van der Waals surface area contributed by atoms with Crippen molar-refractivity contribution in [2.24, 2.45) is 5.92 Å². The van der Waals surface area contributed by atoms with Gasteiger partial charge in [0.05, 0.1) is 38.1 Å². The van der Waals surface area contributed by atoms with Gasteiger partial charge in [-0.2, -0.15) is 0 Å². The number of phenolic OH excluding ortho intramolecular Hbond substituents is 1. The van der Waals surface area contributed by atoms with Crippen molar-refractivity contribution < 1.29 is 23.8 Å². The molecule has 0 bridgehead atoms. The van der Waals surface area contributed by atoms with Gasteiger partial charge in [0, 0.05) is 11.5 Å². The molecule has 3 N–H and O–H groups in total. The second-order valence-corrected chi connectivity index (χ2v) is 9.40. The predicted octanol–water partition coefficient (Wildman–Crippen LogP) is 4.32. The number of nitrogens with one attached hydrogen (secondary N) is 2. The molecule has 0 spiro atoms. The van der Waals surface area contributed by atoms with E-state index in [2.05, 4.69) is 16.9 Å². The largest absolute Gasteiger partial charge is 0.508 e. The van der Waals surface area contributed by atoms with Crippen molar-refractivity contribution in [2.75, 3.05) is 13.2 Å². The average molecular weight is 492 g/mol. The van der Waals surface area contributed by atoms with Gasteiger partial charge >= 0.3 is 0 Å². The molecular formula is C28H33N3O5. The van der Waals surface area contributed by atoms with Gasteiger partial charge in [-0.1, -0.05) is 12.1 Å². The zero-order valence-electron chi connectivity index (χ0n) is 21.1. The number of nitrogens with zero attached hydrogens (tertiary/aromatic N) is 1. The molecule has 1 aromatic heterocycles. The number of carbonyl (C=O) groups is 1. The molecule has 2 aliphatic rings. The van der Waals surface area contributed by atoms with Gasteiger partial charge in [-0.15, -0.1) is 0 Å². The maximum atomic E-state index is 13.7. The third-order valence-corrected chi connectivity index (χ3v) is 7.05. The van der Waals surface area contributed by atoms with Gasteiger partial charge in [0.15, 0.2) is 11.5 Å². The van der Waals surface area contributed by atoms with Crippen molar-refractivity contribution >= 4 is 5.91 Å². The lowest BCUT2D eigenvalue weighted by atomic mass is 9.81. The fourth-order valence-corrected chi connectivity index (χ4v) is 5.71. The van der Waals surface area contributed by atoms with E-state index in [0.29, 0.717) is 37.0 Å². The van der Waals surface area contributed by atoms with Crippen LogP contribution in [0.4, 0.5) is 0 Å². The van der Waals surface area contributed by atoms with Crippen molar-refractivity contribution in [3.05, 3.63) is 76.7 Å². The molecule has 5 rings (SSSR count). The zero-order valence-corrected chi connectivity index (χ0v) is 21.1. The second-order valence-electron chi connectivity index (χ2n) is 9.40. The Morgan fingerprint density at radius 1 is 1.00 bits per heavy atom. The molecule has 4 atom stereocenters. The van der Waals surface area contributed by atoms with Crippen LogP contribution in [0.3, 0.4) is 0 Å². The summed E-state index contributed by atoms with van der Waals surface area (Å²) in [7, 11) is 0. The number of aromatic hydroxyl groups is 1. The van der Waals surface area contributed by atoms with E-state index in [-0.39, 0.29) is 29.7 Å². The number of aryl methyl sites for hydroxylation is 2. The van der Waals surface area contributed by atoms with Crippen LogP contribution >= 0.6 is 0 Å². The summed E-state index contributed by atoms with van der Waals surface area (Å²) in [5, 5.41) is 10.9. The first-order chi connectivity index (χ1) is 17.4. The number of hydrazine groups is 1. The molecule has 3 heterocycles. The van der Waals surface area contributed by atoms with Gasteiger partial charge in [0.2, 0.25) is 5.91 Å². The van der Waals surface area contributed by atoms with Gasteiger partial charge < -0.3 is 23.9 Å². The van der Waals surface area contributed by atoms with E-state index in [4.69, 9.17) is 13.9 Å². The quantitative estimate of drug-likeness (QED) is 0.432. The Hall–Kier alpha value is -3.49. The van der Waals surface area contributed by atoms with Crippen LogP contribution in [-0.4, -0.2) is 35.2 Å². The lowest BCUT2D eigenvalue weighted by Crippen LogP contribution is -2.41. The Balaban J connectivity index is 1.61. The molecule has 36 heavy (non-hydrogen) atoms. The smallest absolute Gasteiger partial charge is 0.242 e. The third-order valence-electron chi connectivity index (χ3n) is 7.05. The maximum Gasteiger partial charge on any atom is 0.242 e. The molecule has 0 aliphatic carbocycles. The molecule has 8 heteroatoms. The third kappa shape index (κ3) is 4.20. The van der Waals surface area contributed by atoms with E-state index in [9.17, 15) is 9.90 Å². The standard InChI is InChI=1S/C28H33N3O5/c1-5-34-21-10-9-18(14-22(21)35-6-2)27-24-25(23-17(4)12-16(3)13-20(23)32)29-30-26(24)28(33)31(27)15-19-8-7-11-36-19/h7-14,24-27,29-30,32H,5-6,15H2,1-4H3. The molecule has 2 fully saturated rings. The minimum Gasteiger partial charge on any atom is -0.508 e. The van der Waals surface area contributed by atoms with E-state index in [1.165, 1.54) is 0 Å². The Kier molecular flexibility index (Phi) is 6.64. The molecule has 8 nitrogen and oxygen atoms in total. The molecule has 3 aromatic rings. The fourth-order valence-electron chi connectivity index (χ4n) is 5.71. The number of likely N-dealkylation sites (tertiary alicyclic amines) is 1. The molecule has 2 aromatic carbocycles. The molecular weight excluding hydrogens is 458 g/mol. The highest BCUT2D eigenvalue weighted by Crippen LogP contribution is 2.50. The summed E-state index contributed by atoms with van der Waals surface area (Å²) in [6.45, 7) is 9.19. The topological polar surface area (TPSA) is 96.2 Å². The number of ether oxygens (including phenoxy) is 2. The highest BCUT2D eigenvalue weighted by Gasteiger charge is 2.56. The average Bonchev–Trinajstić information content (AvgIpc) is 3.55. The number of benzene rings is 2. The lowest BCUT2D eigenvalue weighted by molar-refractivity contribution is -0.131. The van der Waals surface area contributed by atoms with E-state index >= 15 is 0 Å². The van der Waals surface area contributed by atoms with Crippen molar-refractivity contribution in [1.29, 1.82) is 0 Å². The van der Waals surface area contributed by atoms with Crippen molar-refractivity contribution in [3.63, 3.8) is 0 Å². The van der Waals surface area contributed by atoms with Crippen LogP contribution in [0.1, 0.15) is 53.9 Å². The number of furan rings is 1. The molecule has 190 valence electrons. The van der Waals surface area contributed by atoms with Gasteiger partial charge in [-0.25, -0.2) is 10.9 Å². The SMILES string of the molecule is CCOc1ccc(C2C3C(NNC3c3c(C)cc(C)cc3O)C(=O)N2Cc2ccco2)cc1OCC. The molecule has 1 amide bonds. The molecule has 0 saturated carbocycles. The van der Waals surface area contributed by atoms with Gasteiger partial charge in [0.25, 0.3) is 0 Å². The summed E-state index contributed by atoms with van der Waals surface area (Å²) in [4.78, 5) is 15.6. The van der Waals surface area contributed by atoms with Crippen molar-refractivity contribution in [3.8, 4) is 17.2 Å². The van der Waals surface area contributed by atoms with Crippen LogP contribution < -0.4 is 20.3 Å².